The number of carboxylic acid groups (broad SMARTS) is 1. The van der Waals surface area contributed by atoms with Crippen LogP contribution in [0.4, 0.5) is 10.1 Å². The number of carboxylic acids is 1. The van der Waals surface area contributed by atoms with E-state index in [4.69, 9.17) is 9.90 Å². The molecule has 3 aromatic rings. The summed E-state index contributed by atoms with van der Waals surface area (Å²) in [6.45, 7) is 1.08. The van der Waals surface area contributed by atoms with Crippen molar-refractivity contribution < 1.29 is 24.2 Å². The molecule has 3 aromatic carbocycles. The Bertz CT molecular complexity index is 1240. The Kier molecular flexibility index (Phi) is 8.46. The molecule has 33 heavy (non-hydrogen) atoms. The summed E-state index contributed by atoms with van der Waals surface area (Å²) in [6.07, 6.45) is 1.52. The van der Waals surface area contributed by atoms with Gasteiger partial charge in [-0.2, -0.15) is 0 Å². The number of carbonyl (C=O) groups is 2. The molecule has 0 spiro atoms. The van der Waals surface area contributed by atoms with E-state index in [1.54, 1.807) is 36.4 Å². The number of rotatable bonds is 3. The normalized spacial score (nSPS) is 13.9. The minimum atomic E-state index is -0.833. The molecule has 1 heterocycles. The maximum absolute atomic E-state index is 14.6. The van der Waals surface area contributed by atoms with Crippen LogP contribution in [0.25, 0.3) is 17.2 Å². The van der Waals surface area contributed by atoms with E-state index in [9.17, 15) is 14.3 Å². The van der Waals surface area contributed by atoms with Crippen molar-refractivity contribution in [3.8, 4) is 16.9 Å². The van der Waals surface area contributed by atoms with Crippen LogP contribution in [-0.4, -0.2) is 55.2 Å². The molecule has 0 saturated heterocycles. The molecule has 0 aromatic heterocycles. The molecule has 0 bridgehead atoms. The Labute approximate surface area is 211 Å². The van der Waals surface area contributed by atoms with Gasteiger partial charge in [0.1, 0.15) is 5.75 Å². The molecule has 6 nitrogen and oxygen atoms in total. The number of hydrogen-bond acceptors (Lipinski definition) is 5. The summed E-state index contributed by atoms with van der Waals surface area (Å²) in [5, 5.41) is 20.4. The maximum atomic E-state index is 14.6. The number of amides is 1. The minimum absolute atomic E-state index is 0.157. The number of thioether (sulfide) groups is 1. The number of phenolic OH excluding ortho intramolecular Hbond substituents is 1. The van der Waals surface area contributed by atoms with Gasteiger partial charge >= 0.3 is 144 Å². The predicted molar refractivity (Wildman–Crippen MR) is 130 cm³/mol. The first-order valence-electron chi connectivity index (χ1n) is 9.86. The molecule has 0 unspecified atom stereocenters. The zero-order valence-corrected chi connectivity index (χ0v) is 20.7. The van der Waals surface area contributed by atoms with Crippen molar-refractivity contribution in [1.82, 2.24) is 0 Å². The molecular weight excluding hydrogens is 454 g/mol. The number of aromatic hydroxyl groups is 1. The van der Waals surface area contributed by atoms with Gasteiger partial charge in [-0.15, -0.1) is 0 Å². The third-order valence-electron chi connectivity index (χ3n) is 4.41. The Morgan fingerprint density at radius 2 is 1.67 bits per heavy atom. The summed E-state index contributed by atoms with van der Waals surface area (Å²) in [7, 11) is 0. The first kappa shape index (κ1) is 24.7. The van der Waals surface area contributed by atoms with Gasteiger partial charge in [-0.05, 0) is 23.3 Å². The van der Waals surface area contributed by atoms with Crippen molar-refractivity contribution in [2.45, 2.75) is 6.92 Å². The van der Waals surface area contributed by atoms with E-state index < -0.39 is 11.8 Å². The number of benzene rings is 3. The summed E-state index contributed by atoms with van der Waals surface area (Å²) >= 11 is 2.17. The number of halogens is 1. The van der Waals surface area contributed by atoms with Crippen LogP contribution in [0.3, 0.4) is 0 Å². The molecule has 1 aliphatic rings. The topological polar surface area (TPSA) is 99.0 Å². The quantitative estimate of drug-likeness (QED) is 0.391. The molecule has 9 heteroatoms. The van der Waals surface area contributed by atoms with Crippen molar-refractivity contribution in [3.05, 3.63) is 83.0 Å². The van der Waals surface area contributed by atoms with Crippen LogP contribution >= 0.6 is 11.8 Å². The van der Waals surface area contributed by atoms with Gasteiger partial charge in [0.05, 0.1) is 0 Å². The molecule has 1 aliphatic heterocycles. The second-order valence-electron chi connectivity index (χ2n) is 7.13. The van der Waals surface area contributed by atoms with Gasteiger partial charge in [0.2, 0.25) is 0 Å². The van der Waals surface area contributed by atoms with E-state index in [1.165, 1.54) is 26.7 Å². The Hall–Kier alpha value is -2.91. The van der Waals surface area contributed by atoms with Gasteiger partial charge in [-0.25, -0.2) is 0 Å². The van der Waals surface area contributed by atoms with Gasteiger partial charge in [0, 0.05) is 6.92 Å². The number of hydrogen-bond donors (Lipinski definition) is 3. The SMILES string of the molecule is CC(=O)O.O=C1N=C(Nc2cc[c]([Na])cc2)S/C1=C/c1ccc(-c2ccc(O)cc2)cc1F. The van der Waals surface area contributed by atoms with Crippen LogP contribution in [-0.2, 0) is 9.59 Å². The molecule has 3 N–H and O–H groups in total. The number of anilines is 1. The predicted octanol–water partition coefficient (Wildman–Crippen LogP) is 4.17. The van der Waals surface area contributed by atoms with Gasteiger partial charge in [0.15, 0.2) is 0 Å². The van der Waals surface area contributed by atoms with Crippen molar-refractivity contribution >= 4 is 71.3 Å². The third-order valence-corrected chi connectivity index (χ3v) is 5.98. The van der Waals surface area contributed by atoms with Gasteiger partial charge < -0.3 is 10.2 Å². The zero-order valence-electron chi connectivity index (χ0n) is 17.9. The van der Waals surface area contributed by atoms with E-state index >= 15 is 0 Å². The average Bonchev–Trinajstić information content (AvgIpc) is 3.10. The van der Waals surface area contributed by atoms with Crippen molar-refractivity contribution in [2.24, 2.45) is 4.99 Å². The molecular formula is C24H18FN2NaO4S. The number of nitrogens with one attached hydrogen (secondary N) is 1. The van der Waals surface area contributed by atoms with Gasteiger partial charge in [-0.3, -0.25) is 4.79 Å². The van der Waals surface area contributed by atoms with Gasteiger partial charge in [-0.1, -0.05) is 12.1 Å². The number of aliphatic imine (C=N–C) groups is 1. The van der Waals surface area contributed by atoms with Crippen LogP contribution in [0.1, 0.15) is 12.5 Å². The van der Waals surface area contributed by atoms with Crippen LogP contribution in [0.2, 0.25) is 0 Å². The monoisotopic (exact) mass is 472 g/mol. The fraction of sp³-hybridized carbons (Fsp3) is 0.0417. The van der Waals surface area contributed by atoms with Crippen LogP contribution < -0.4 is 8.13 Å². The number of carbonyl (C=O) groups excluding carboxylic acids is 1. The molecule has 162 valence electrons. The van der Waals surface area contributed by atoms with E-state index in [-0.39, 0.29) is 11.7 Å². The second-order valence-corrected chi connectivity index (χ2v) is 9.31. The molecule has 0 atom stereocenters. The standard InChI is InChI=1S/C22H14FN2O2S.C2H4O2.Na/c23-19-12-15(14-8-10-18(26)11-9-14)6-7-16(19)13-20-21(27)25-22(28-20)24-17-4-2-1-3-5-17;1-2(3)4;/h2-13,26H,(H,24,25,27);1H3,(H,3,4);/b20-13+;;. The first-order valence-corrected chi connectivity index (χ1v) is 11.7. The summed E-state index contributed by atoms with van der Waals surface area (Å²) in [5.41, 5.74) is 2.66. The summed E-state index contributed by atoms with van der Waals surface area (Å²) in [5.74, 6) is -1.50. The molecule has 0 fully saturated rings. The molecule has 4 rings (SSSR count). The number of phenols is 1. The average molecular weight is 472 g/mol. The fourth-order valence-corrected chi connectivity index (χ4v) is 4.00. The molecule has 1 amide bonds. The van der Waals surface area contributed by atoms with E-state index in [0.717, 1.165) is 46.1 Å². The van der Waals surface area contributed by atoms with Gasteiger partial charge in [0.25, 0.3) is 5.97 Å². The fourth-order valence-electron chi connectivity index (χ4n) is 2.84. The Balaban J connectivity index is 0.000000709. The molecule has 0 saturated carbocycles. The van der Waals surface area contributed by atoms with Crippen molar-refractivity contribution in [3.63, 3.8) is 0 Å². The first-order chi connectivity index (χ1) is 15.7. The Morgan fingerprint density at radius 1 is 1.06 bits per heavy atom. The van der Waals surface area contributed by atoms with Crippen LogP contribution in [0, 0.1) is 5.82 Å². The van der Waals surface area contributed by atoms with Crippen LogP contribution in [0.15, 0.2) is 76.6 Å². The van der Waals surface area contributed by atoms with Crippen LogP contribution in [0.5, 0.6) is 5.75 Å². The molecule has 0 aliphatic carbocycles. The number of amidine groups is 1. The molecule has 0 radical (unpaired) electrons. The summed E-state index contributed by atoms with van der Waals surface area (Å²) in [4.78, 5) is 25.6. The Morgan fingerprint density at radius 3 is 2.27 bits per heavy atom. The zero-order chi connectivity index (χ0) is 24.0. The second kappa shape index (κ2) is 11.3. The number of aliphatic carboxylic acids is 1. The summed E-state index contributed by atoms with van der Waals surface area (Å²) in [6, 6.07) is 19.3. The van der Waals surface area contributed by atoms with E-state index in [2.05, 4.69) is 10.3 Å². The summed E-state index contributed by atoms with van der Waals surface area (Å²) < 4.78 is 15.9. The van der Waals surface area contributed by atoms with E-state index in [1.807, 2.05) is 24.3 Å². The van der Waals surface area contributed by atoms with Crippen molar-refractivity contribution in [1.29, 1.82) is 0 Å². The van der Waals surface area contributed by atoms with Crippen molar-refractivity contribution in [2.75, 3.05) is 5.32 Å². The van der Waals surface area contributed by atoms with E-state index in [0.29, 0.717) is 21.2 Å². The number of nitrogens with zero attached hydrogens (tertiary/aromatic N) is 1. The third kappa shape index (κ3) is 7.30.